The average Bonchev–Trinajstić information content (AvgIpc) is 3.09. The van der Waals surface area contributed by atoms with E-state index in [9.17, 15) is 0 Å². The van der Waals surface area contributed by atoms with Crippen LogP contribution in [0.2, 0.25) is 0 Å². The van der Waals surface area contributed by atoms with E-state index in [1.165, 1.54) is 12.0 Å². The second-order valence-electron chi connectivity index (χ2n) is 5.03. The second kappa shape index (κ2) is 7.31. The highest BCUT2D eigenvalue weighted by Gasteiger charge is 2.15. The molecular formula is C15H20ClN3O. The molecule has 20 heavy (non-hydrogen) atoms. The SMILES string of the molecule is Cl.c1ccc(Cn2cc(OCC3CCNC3)cn2)cc1. The zero-order valence-electron chi connectivity index (χ0n) is 11.4. The molecule has 5 heteroatoms. The number of hydrogen-bond donors (Lipinski definition) is 1. The Bertz CT molecular complexity index is 509. The van der Waals surface area contributed by atoms with Gasteiger partial charge in [0.05, 0.1) is 25.5 Å². The Balaban J connectivity index is 0.00000147. The quantitative estimate of drug-likeness (QED) is 0.920. The molecule has 1 aromatic carbocycles. The minimum atomic E-state index is 0. The molecule has 3 rings (SSSR count). The van der Waals surface area contributed by atoms with E-state index in [1.54, 1.807) is 6.20 Å². The van der Waals surface area contributed by atoms with E-state index in [0.29, 0.717) is 5.92 Å². The van der Waals surface area contributed by atoms with E-state index in [-0.39, 0.29) is 12.4 Å². The molecule has 0 saturated carbocycles. The van der Waals surface area contributed by atoms with Gasteiger partial charge in [-0.05, 0) is 18.5 Å². The van der Waals surface area contributed by atoms with Crippen molar-refractivity contribution in [1.29, 1.82) is 0 Å². The fraction of sp³-hybridized carbons (Fsp3) is 0.400. The molecule has 1 aromatic heterocycles. The van der Waals surface area contributed by atoms with Gasteiger partial charge < -0.3 is 10.1 Å². The third-order valence-electron chi connectivity index (χ3n) is 3.45. The van der Waals surface area contributed by atoms with Gasteiger partial charge in [0, 0.05) is 12.5 Å². The molecule has 1 saturated heterocycles. The number of nitrogens with one attached hydrogen (secondary N) is 1. The van der Waals surface area contributed by atoms with E-state index < -0.39 is 0 Å². The highest BCUT2D eigenvalue weighted by atomic mass is 35.5. The van der Waals surface area contributed by atoms with E-state index in [4.69, 9.17) is 4.74 Å². The Labute approximate surface area is 125 Å². The van der Waals surface area contributed by atoms with Crippen molar-refractivity contribution in [2.24, 2.45) is 5.92 Å². The first-order valence-electron chi connectivity index (χ1n) is 6.80. The largest absolute Gasteiger partial charge is 0.490 e. The molecule has 1 N–H and O–H groups in total. The summed E-state index contributed by atoms with van der Waals surface area (Å²) in [6.45, 7) is 3.75. The van der Waals surface area contributed by atoms with E-state index in [0.717, 1.165) is 32.0 Å². The van der Waals surface area contributed by atoms with Crippen LogP contribution in [0.15, 0.2) is 42.7 Å². The van der Waals surface area contributed by atoms with Gasteiger partial charge in [0.1, 0.15) is 0 Å². The van der Waals surface area contributed by atoms with Gasteiger partial charge in [-0.1, -0.05) is 30.3 Å². The summed E-state index contributed by atoms with van der Waals surface area (Å²) in [5.41, 5.74) is 1.25. The first-order valence-corrected chi connectivity index (χ1v) is 6.80. The monoisotopic (exact) mass is 293 g/mol. The number of nitrogens with zero attached hydrogens (tertiary/aromatic N) is 2. The summed E-state index contributed by atoms with van der Waals surface area (Å²) in [7, 11) is 0. The maximum atomic E-state index is 5.78. The summed E-state index contributed by atoms with van der Waals surface area (Å²) in [6.07, 6.45) is 4.97. The maximum absolute atomic E-state index is 5.78. The molecule has 108 valence electrons. The predicted molar refractivity (Wildman–Crippen MR) is 81.5 cm³/mol. The van der Waals surface area contributed by atoms with Gasteiger partial charge in [0.25, 0.3) is 0 Å². The molecule has 0 amide bonds. The van der Waals surface area contributed by atoms with Crippen molar-refractivity contribution in [1.82, 2.24) is 15.1 Å². The normalized spacial score (nSPS) is 17.7. The second-order valence-corrected chi connectivity index (χ2v) is 5.03. The number of aromatic nitrogens is 2. The lowest BCUT2D eigenvalue weighted by Gasteiger charge is -2.08. The number of ether oxygens (including phenoxy) is 1. The Morgan fingerprint density at radius 1 is 1.30 bits per heavy atom. The molecule has 1 atom stereocenters. The molecule has 1 fully saturated rings. The summed E-state index contributed by atoms with van der Waals surface area (Å²) < 4.78 is 7.70. The van der Waals surface area contributed by atoms with Crippen molar-refractivity contribution in [2.75, 3.05) is 19.7 Å². The molecule has 2 aromatic rings. The fourth-order valence-corrected chi connectivity index (χ4v) is 2.35. The molecule has 0 radical (unpaired) electrons. The van der Waals surface area contributed by atoms with Crippen LogP contribution in [-0.2, 0) is 6.54 Å². The van der Waals surface area contributed by atoms with Crippen LogP contribution in [0.5, 0.6) is 5.75 Å². The lowest BCUT2D eigenvalue weighted by Crippen LogP contribution is -2.15. The number of hydrogen-bond acceptors (Lipinski definition) is 3. The Morgan fingerprint density at radius 3 is 2.90 bits per heavy atom. The number of benzene rings is 1. The standard InChI is InChI=1S/C15H19N3O.ClH/c1-2-4-13(5-3-1)10-18-11-15(9-17-18)19-12-14-6-7-16-8-14;/h1-5,9,11,14,16H,6-8,10,12H2;1H. The van der Waals surface area contributed by atoms with Crippen LogP contribution in [0.3, 0.4) is 0 Å². The zero-order chi connectivity index (χ0) is 12.9. The molecule has 1 aliphatic rings. The van der Waals surface area contributed by atoms with Crippen molar-refractivity contribution in [3.8, 4) is 5.75 Å². The zero-order valence-corrected chi connectivity index (χ0v) is 12.2. The minimum Gasteiger partial charge on any atom is -0.490 e. The summed E-state index contributed by atoms with van der Waals surface area (Å²) in [6, 6.07) is 10.3. The van der Waals surface area contributed by atoms with Crippen LogP contribution >= 0.6 is 12.4 Å². The van der Waals surface area contributed by atoms with Gasteiger partial charge in [-0.3, -0.25) is 4.68 Å². The molecule has 1 aliphatic heterocycles. The van der Waals surface area contributed by atoms with Gasteiger partial charge in [-0.25, -0.2) is 0 Å². The van der Waals surface area contributed by atoms with Crippen molar-refractivity contribution in [3.05, 3.63) is 48.3 Å². The van der Waals surface area contributed by atoms with Gasteiger partial charge in [0.2, 0.25) is 0 Å². The molecule has 0 bridgehead atoms. The average molecular weight is 294 g/mol. The molecule has 2 heterocycles. The Kier molecular flexibility index (Phi) is 5.44. The Morgan fingerprint density at radius 2 is 2.15 bits per heavy atom. The van der Waals surface area contributed by atoms with Gasteiger partial charge in [0.15, 0.2) is 5.75 Å². The van der Waals surface area contributed by atoms with E-state index in [1.807, 2.05) is 29.1 Å². The first kappa shape index (κ1) is 14.9. The Hall–Kier alpha value is -1.52. The first-order chi connectivity index (χ1) is 9.40. The third-order valence-corrected chi connectivity index (χ3v) is 3.45. The van der Waals surface area contributed by atoms with Crippen LogP contribution < -0.4 is 10.1 Å². The van der Waals surface area contributed by atoms with Crippen molar-refractivity contribution < 1.29 is 4.74 Å². The van der Waals surface area contributed by atoms with Crippen LogP contribution in [0.25, 0.3) is 0 Å². The van der Waals surface area contributed by atoms with Crippen LogP contribution in [-0.4, -0.2) is 29.5 Å². The molecule has 0 spiro atoms. The number of halogens is 1. The molecular weight excluding hydrogens is 274 g/mol. The highest BCUT2D eigenvalue weighted by Crippen LogP contribution is 2.14. The predicted octanol–water partition coefficient (Wildman–Crippen LogP) is 2.34. The van der Waals surface area contributed by atoms with Crippen LogP contribution in [0, 0.1) is 5.92 Å². The topological polar surface area (TPSA) is 39.1 Å². The van der Waals surface area contributed by atoms with Crippen LogP contribution in [0.4, 0.5) is 0 Å². The van der Waals surface area contributed by atoms with Gasteiger partial charge in [-0.2, -0.15) is 5.10 Å². The lowest BCUT2D eigenvalue weighted by molar-refractivity contribution is 0.260. The van der Waals surface area contributed by atoms with E-state index in [2.05, 4.69) is 22.5 Å². The molecule has 4 nitrogen and oxygen atoms in total. The van der Waals surface area contributed by atoms with Crippen LogP contribution in [0.1, 0.15) is 12.0 Å². The molecule has 0 aliphatic carbocycles. The van der Waals surface area contributed by atoms with Gasteiger partial charge in [-0.15, -0.1) is 12.4 Å². The summed E-state index contributed by atoms with van der Waals surface area (Å²) in [5.74, 6) is 1.50. The van der Waals surface area contributed by atoms with E-state index >= 15 is 0 Å². The lowest BCUT2D eigenvalue weighted by atomic mass is 10.1. The highest BCUT2D eigenvalue weighted by molar-refractivity contribution is 5.85. The fourth-order valence-electron chi connectivity index (χ4n) is 2.35. The van der Waals surface area contributed by atoms with Crippen molar-refractivity contribution in [2.45, 2.75) is 13.0 Å². The summed E-state index contributed by atoms with van der Waals surface area (Å²) >= 11 is 0. The summed E-state index contributed by atoms with van der Waals surface area (Å²) in [4.78, 5) is 0. The minimum absolute atomic E-state index is 0. The molecule has 1 unspecified atom stereocenters. The summed E-state index contributed by atoms with van der Waals surface area (Å²) in [5, 5.41) is 7.68. The smallest absolute Gasteiger partial charge is 0.157 e. The maximum Gasteiger partial charge on any atom is 0.157 e. The third kappa shape index (κ3) is 3.99. The van der Waals surface area contributed by atoms with Crippen molar-refractivity contribution >= 4 is 12.4 Å². The number of rotatable bonds is 5. The van der Waals surface area contributed by atoms with Gasteiger partial charge >= 0.3 is 0 Å². The van der Waals surface area contributed by atoms with Crippen molar-refractivity contribution in [3.63, 3.8) is 0 Å².